The summed E-state index contributed by atoms with van der Waals surface area (Å²) >= 11 is 0. The molecule has 1 saturated carbocycles. The number of pyridine rings is 1. The molecule has 2 aromatic heterocycles. The van der Waals surface area contributed by atoms with Gasteiger partial charge >= 0.3 is 11.9 Å². The third-order valence-electron chi connectivity index (χ3n) is 6.75. The number of aromatic amines is 1. The number of nitriles is 1. The topological polar surface area (TPSA) is 152 Å². The van der Waals surface area contributed by atoms with E-state index in [2.05, 4.69) is 25.9 Å². The lowest BCUT2D eigenvalue weighted by Gasteiger charge is -2.43. The first kappa shape index (κ1) is 24.2. The van der Waals surface area contributed by atoms with Crippen LogP contribution in [-0.4, -0.2) is 62.4 Å². The van der Waals surface area contributed by atoms with Crippen molar-refractivity contribution < 1.29 is 24.5 Å². The van der Waals surface area contributed by atoms with E-state index in [1.165, 1.54) is 0 Å². The normalized spacial score (nSPS) is 17.9. The highest BCUT2D eigenvalue weighted by Crippen LogP contribution is 2.44. The Bertz CT molecular complexity index is 1270. The van der Waals surface area contributed by atoms with Crippen LogP contribution in [0.4, 0.5) is 5.82 Å². The number of carboxylic acid groups (broad SMARTS) is 2. The number of benzene rings is 1. The van der Waals surface area contributed by atoms with Crippen LogP contribution in [0.25, 0.3) is 22.4 Å². The van der Waals surface area contributed by atoms with Crippen LogP contribution in [0, 0.1) is 16.7 Å². The van der Waals surface area contributed by atoms with Crippen molar-refractivity contribution in [2.24, 2.45) is 5.41 Å². The van der Waals surface area contributed by atoms with Gasteiger partial charge in [0.2, 0.25) is 0 Å². The Morgan fingerprint density at radius 1 is 1.11 bits per heavy atom. The molecule has 0 spiro atoms. The van der Waals surface area contributed by atoms with Gasteiger partial charge in [-0.05, 0) is 43.2 Å². The Morgan fingerprint density at radius 2 is 1.83 bits per heavy atom. The van der Waals surface area contributed by atoms with Crippen molar-refractivity contribution in [1.29, 1.82) is 5.26 Å². The van der Waals surface area contributed by atoms with E-state index in [1.54, 1.807) is 18.3 Å². The Morgan fingerprint density at radius 3 is 2.43 bits per heavy atom. The molecular formula is C25H27N5O5. The van der Waals surface area contributed by atoms with Gasteiger partial charge in [-0.15, -0.1) is 0 Å². The second-order valence-corrected chi connectivity index (χ2v) is 8.88. The highest BCUT2D eigenvalue weighted by atomic mass is 16.5. The summed E-state index contributed by atoms with van der Waals surface area (Å²) in [7, 11) is 0. The van der Waals surface area contributed by atoms with Crippen LogP contribution in [0.1, 0.15) is 38.7 Å². The first-order valence-corrected chi connectivity index (χ1v) is 11.1. The number of ether oxygens (including phenoxy) is 1. The predicted molar refractivity (Wildman–Crippen MR) is 128 cm³/mol. The van der Waals surface area contributed by atoms with E-state index >= 15 is 0 Å². The number of rotatable bonds is 6. The molecule has 0 amide bonds. The molecule has 10 nitrogen and oxygen atoms in total. The molecule has 2 aliphatic rings. The molecule has 1 aromatic carbocycles. The highest BCUT2D eigenvalue weighted by molar-refractivity contribution is 5.99. The molecule has 0 unspecified atom stereocenters. The lowest BCUT2D eigenvalue weighted by Crippen LogP contribution is -2.54. The summed E-state index contributed by atoms with van der Waals surface area (Å²) in [6.07, 6.45) is 2.98. The summed E-state index contributed by atoms with van der Waals surface area (Å²) in [6.45, 7) is 1.49. The van der Waals surface area contributed by atoms with Gasteiger partial charge in [-0.25, -0.2) is 9.97 Å². The van der Waals surface area contributed by atoms with E-state index in [4.69, 9.17) is 10.00 Å². The number of fused-ring (bicyclic) bond motifs is 1. The second-order valence-electron chi connectivity index (χ2n) is 8.88. The van der Waals surface area contributed by atoms with Crippen molar-refractivity contribution in [3.8, 4) is 17.5 Å². The van der Waals surface area contributed by atoms with Crippen molar-refractivity contribution in [1.82, 2.24) is 15.0 Å². The fraction of sp³-hybridized carbons (Fsp3) is 0.400. The van der Waals surface area contributed by atoms with Gasteiger partial charge in [0.1, 0.15) is 11.6 Å². The van der Waals surface area contributed by atoms with Crippen LogP contribution in [-0.2, 0) is 14.3 Å². The largest absolute Gasteiger partial charge is 0.480 e. The van der Waals surface area contributed by atoms with Crippen LogP contribution in [0.5, 0.6) is 0 Å². The minimum atomic E-state index is -1.70. The zero-order valence-corrected chi connectivity index (χ0v) is 18.3. The third kappa shape index (κ3) is 4.42. The van der Waals surface area contributed by atoms with E-state index in [0.717, 1.165) is 48.3 Å². The molecule has 0 radical (unpaired) electrons. The first-order valence-electron chi connectivity index (χ1n) is 11.1. The molecule has 2 fully saturated rings. The lowest BCUT2D eigenvalue weighted by atomic mass is 9.66. The van der Waals surface area contributed by atoms with Crippen molar-refractivity contribution in [3.63, 3.8) is 0 Å². The second kappa shape index (κ2) is 9.35. The van der Waals surface area contributed by atoms with Crippen molar-refractivity contribution in [2.45, 2.75) is 45.3 Å². The number of aromatic nitrogens is 3. The van der Waals surface area contributed by atoms with E-state index in [-0.39, 0.29) is 32.5 Å². The number of anilines is 1. The maximum absolute atomic E-state index is 11.3. The van der Waals surface area contributed by atoms with E-state index in [9.17, 15) is 19.8 Å². The number of imidazole rings is 1. The molecule has 10 heteroatoms. The Balaban J connectivity index is 0.00000289. The van der Waals surface area contributed by atoms with Gasteiger partial charge in [0.15, 0.2) is 5.41 Å². The lowest BCUT2D eigenvalue weighted by molar-refractivity contribution is -0.189. The fourth-order valence-electron chi connectivity index (χ4n) is 4.68. The minimum absolute atomic E-state index is 0. The standard InChI is InChI=1S/C24H23N5O5.CH4/c25-12-14-1-3-18-19(9-14)28-21(27-18)15-2-4-20(26-13-15)29-7-5-16(6-8-29)34-17-10-24(11-17,22(30)31)23(32)33;/h1-4,9,13,16-17H,5-8,10-11H2,(H,27,28)(H,30,31)(H,32,33);1H4. The number of hydrogen-bond acceptors (Lipinski definition) is 7. The van der Waals surface area contributed by atoms with Crippen molar-refractivity contribution in [2.75, 3.05) is 18.0 Å². The van der Waals surface area contributed by atoms with Crippen LogP contribution < -0.4 is 4.90 Å². The molecule has 5 rings (SSSR count). The number of carbonyl (C=O) groups is 2. The smallest absolute Gasteiger partial charge is 0.321 e. The number of H-pyrrole nitrogens is 1. The van der Waals surface area contributed by atoms with E-state index in [1.807, 2.05) is 18.2 Å². The molecule has 0 bridgehead atoms. The highest BCUT2D eigenvalue weighted by Gasteiger charge is 2.57. The van der Waals surface area contributed by atoms with Crippen LogP contribution in [0.3, 0.4) is 0 Å². The molecule has 3 N–H and O–H groups in total. The molecule has 3 aromatic rings. The molecule has 1 saturated heterocycles. The van der Waals surface area contributed by atoms with Gasteiger partial charge < -0.3 is 24.8 Å². The number of nitrogens with zero attached hydrogens (tertiary/aromatic N) is 4. The number of hydrogen-bond donors (Lipinski definition) is 3. The summed E-state index contributed by atoms with van der Waals surface area (Å²) in [4.78, 5) is 37.2. The summed E-state index contributed by atoms with van der Waals surface area (Å²) in [6, 6.07) is 11.4. The quantitative estimate of drug-likeness (QED) is 0.453. The fourth-order valence-corrected chi connectivity index (χ4v) is 4.68. The predicted octanol–water partition coefficient (Wildman–Crippen LogP) is 3.44. The summed E-state index contributed by atoms with van der Waals surface area (Å²) in [5.41, 5.74) is 1.31. The zero-order chi connectivity index (χ0) is 23.9. The minimum Gasteiger partial charge on any atom is -0.480 e. The summed E-state index contributed by atoms with van der Waals surface area (Å²) < 4.78 is 5.98. The Labute approximate surface area is 202 Å². The maximum Gasteiger partial charge on any atom is 0.321 e. The number of piperidine rings is 1. The van der Waals surface area contributed by atoms with Gasteiger partial charge in [-0.2, -0.15) is 5.26 Å². The molecule has 35 heavy (non-hydrogen) atoms. The number of aliphatic carboxylic acids is 2. The summed E-state index contributed by atoms with van der Waals surface area (Å²) in [5.74, 6) is -1.04. The zero-order valence-electron chi connectivity index (χ0n) is 18.3. The first-order chi connectivity index (χ1) is 16.4. The number of nitrogens with one attached hydrogen (secondary N) is 1. The van der Waals surface area contributed by atoms with Crippen LogP contribution >= 0.6 is 0 Å². The third-order valence-corrected chi connectivity index (χ3v) is 6.75. The van der Waals surface area contributed by atoms with Gasteiger partial charge in [-0.1, -0.05) is 7.43 Å². The molecule has 182 valence electrons. The van der Waals surface area contributed by atoms with Crippen molar-refractivity contribution >= 4 is 28.8 Å². The van der Waals surface area contributed by atoms with Crippen LogP contribution in [0.2, 0.25) is 0 Å². The SMILES string of the molecule is C.N#Cc1ccc2nc(-c3ccc(N4CCC(OC5CC(C(=O)O)(C(=O)O)C5)CC4)nc3)[nH]c2c1. The van der Waals surface area contributed by atoms with Gasteiger partial charge in [0.25, 0.3) is 0 Å². The van der Waals surface area contributed by atoms with Crippen molar-refractivity contribution in [3.05, 3.63) is 42.1 Å². The number of carboxylic acids is 2. The van der Waals surface area contributed by atoms with Gasteiger partial charge in [0, 0.05) is 37.7 Å². The molecular weight excluding hydrogens is 450 g/mol. The van der Waals surface area contributed by atoms with Gasteiger partial charge in [0.05, 0.1) is 34.9 Å². The Hall–Kier alpha value is -3.97. The maximum atomic E-state index is 11.3. The van der Waals surface area contributed by atoms with E-state index in [0.29, 0.717) is 11.4 Å². The Kier molecular flexibility index (Phi) is 6.45. The van der Waals surface area contributed by atoms with Gasteiger partial charge in [-0.3, -0.25) is 9.59 Å². The summed E-state index contributed by atoms with van der Waals surface area (Å²) in [5, 5.41) is 27.5. The molecule has 1 aliphatic carbocycles. The van der Waals surface area contributed by atoms with Crippen LogP contribution in [0.15, 0.2) is 36.5 Å². The molecule has 0 atom stereocenters. The van der Waals surface area contributed by atoms with E-state index < -0.39 is 17.4 Å². The molecule has 3 heterocycles. The average Bonchev–Trinajstić information content (AvgIpc) is 3.24. The average molecular weight is 478 g/mol. The molecule has 1 aliphatic heterocycles. The monoisotopic (exact) mass is 477 g/mol.